The smallest absolute Gasteiger partial charge is 0.269 e. The van der Waals surface area contributed by atoms with Crippen LogP contribution in [0.2, 0.25) is 0 Å². The van der Waals surface area contributed by atoms with Gasteiger partial charge in [0.2, 0.25) is 5.88 Å². The van der Waals surface area contributed by atoms with Crippen molar-refractivity contribution in [1.29, 1.82) is 0 Å². The molecule has 3 heterocycles. The van der Waals surface area contributed by atoms with Gasteiger partial charge < -0.3 is 10.1 Å². The standard InChI is InChI=1S/C20H19N7O2S/c1-3-5-16-19(30-26-25-16)20(28)24-14-6-8-15(9-7-14)29-18-12-17(22-13(2)23-18)27-11-4-10-21-27/h4,6-12H,3,5H2,1-2H3,(H,24,28). The predicted molar refractivity (Wildman–Crippen MR) is 112 cm³/mol. The van der Waals surface area contributed by atoms with Crippen LogP contribution in [0.4, 0.5) is 5.69 Å². The highest BCUT2D eigenvalue weighted by molar-refractivity contribution is 7.08. The van der Waals surface area contributed by atoms with E-state index in [9.17, 15) is 4.79 Å². The summed E-state index contributed by atoms with van der Waals surface area (Å²) in [6.45, 7) is 3.83. The van der Waals surface area contributed by atoms with Gasteiger partial charge in [0.1, 0.15) is 16.5 Å². The maximum Gasteiger partial charge on any atom is 0.269 e. The van der Waals surface area contributed by atoms with E-state index >= 15 is 0 Å². The van der Waals surface area contributed by atoms with Gasteiger partial charge in [-0.2, -0.15) is 10.1 Å². The lowest BCUT2D eigenvalue weighted by molar-refractivity contribution is 0.102. The number of rotatable bonds is 7. The fourth-order valence-electron chi connectivity index (χ4n) is 2.80. The Kier molecular flexibility index (Phi) is 5.75. The highest BCUT2D eigenvalue weighted by Gasteiger charge is 2.16. The van der Waals surface area contributed by atoms with E-state index in [1.165, 1.54) is 0 Å². The molecule has 4 rings (SSSR count). The number of nitrogens with one attached hydrogen (secondary N) is 1. The third-order valence-corrected chi connectivity index (χ3v) is 4.89. The van der Waals surface area contributed by atoms with E-state index in [1.54, 1.807) is 54.3 Å². The van der Waals surface area contributed by atoms with E-state index < -0.39 is 0 Å². The van der Waals surface area contributed by atoms with Gasteiger partial charge in [-0.1, -0.05) is 17.8 Å². The Morgan fingerprint density at radius 3 is 2.80 bits per heavy atom. The molecule has 0 saturated heterocycles. The van der Waals surface area contributed by atoms with Gasteiger partial charge in [0, 0.05) is 24.1 Å². The molecular formula is C20H19N7O2S. The Labute approximate surface area is 176 Å². The minimum Gasteiger partial charge on any atom is -0.439 e. The number of aromatic nitrogens is 6. The van der Waals surface area contributed by atoms with Crippen LogP contribution in [0.5, 0.6) is 11.6 Å². The molecule has 4 aromatic rings. The summed E-state index contributed by atoms with van der Waals surface area (Å²) in [5.74, 6) is 1.97. The molecule has 0 fully saturated rings. The van der Waals surface area contributed by atoms with Crippen LogP contribution in [0.1, 0.15) is 34.5 Å². The van der Waals surface area contributed by atoms with Gasteiger partial charge in [0.05, 0.1) is 5.69 Å². The van der Waals surface area contributed by atoms with E-state index in [2.05, 4.69) is 30.0 Å². The molecule has 9 nitrogen and oxygen atoms in total. The molecule has 30 heavy (non-hydrogen) atoms. The fraction of sp³-hybridized carbons (Fsp3) is 0.200. The summed E-state index contributed by atoms with van der Waals surface area (Å²) >= 11 is 1.10. The SMILES string of the molecule is CCCc1nnsc1C(=O)Nc1ccc(Oc2cc(-n3cccn3)nc(C)n2)cc1. The molecule has 0 aliphatic rings. The Balaban J connectivity index is 1.45. The summed E-state index contributed by atoms with van der Waals surface area (Å²) < 4.78 is 11.4. The second-order valence-corrected chi connectivity index (χ2v) is 7.20. The van der Waals surface area contributed by atoms with Crippen LogP contribution in [0.25, 0.3) is 5.82 Å². The molecular weight excluding hydrogens is 402 g/mol. The molecule has 1 amide bonds. The van der Waals surface area contributed by atoms with Crippen LogP contribution in [0, 0.1) is 6.92 Å². The monoisotopic (exact) mass is 421 g/mol. The van der Waals surface area contributed by atoms with Crippen LogP contribution >= 0.6 is 11.5 Å². The normalized spacial score (nSPS) is 10.7. The van der Waals surface area contributed by atoms with Crippen LogP contribution in [0.15, 0.2) is 48.8 Å². The van der Waals surface area contributed by atoms with Crippen molar-refractivity contribution < 1.29 is 9.53 Å². The number of nitrogens with zero attached hydrogens (tertiary/aromatic N) is 6. The highest BCUT2D eigenvalue weighted by Crippen LogP contribution is 2.24. The molecule has 0 atom stereocenters. The van der Waals surface area contributed by atoms with E-state index in [1.807, 2.05) is 13.0 Å². The van der Waals surface area contributed by atoms with Gasteiger partial charge in [-0.15, -0.1) is 5.10 Å². The Morgan fingerprint density at radius 1 is 1.23 bits per heavy atom. The van der Waals surface area contributed by atoms with Crippen molar-refractivity contribution in [2.24, 2.45) is 0 Å². The summed E-state index contributed by atoms with van der Waals surface area (Å²) in [6.07, 6.45) is 5.11. The van der Waals surface area contributed by atoms with Crippen molar-refractivity contribution >= 4 is 23.1 Å². The van der Waals surface area contributed by atoms with Crippen molar-refractivity contribution in [2.45, 2.75) is 26.7 Å². The molecule has 152 valence electrons. The zero-order chi connectivity index (χ0) is 20.9. The lowest BCUT2D eigenvalue weighted by atomic mass is 10.2. The second kappa shape index (κ2) is 8.78. The minimum atomic E-state index is -0.211. The predicted octanol–water partition coefficient (Wildman–Crippen LogP) is 3.82. The van der Waals surface area contributed by atoms with Crippen LogP contribution in [0.3, 0.4) is 0 Å². The number of benzene rings is 1. The topological polar surface area (TPSA) is 108 Å². The summed E-state index contributed by atoms with van der Waals surface area (Å²) in [7, 11) is 0. The van der Waals surface area contributed by atoms with Gasteiger partial charge in [0.25, 0.3) is 5.91 Å². The summed E-state index contributed by atoms with van der Waals surface area (Å²) in [5, 5.41) is 11.1. The van der Waals surface area contributed by atoms with Crippen molar-refractivity contribution in [3.63, 3.8) is 0 Å². The number of hydrogen-bond donors (Lipinski definition) is 1. The summed E-state index contributed by atoms with van der Waals surface area (Å²) in [6, 6.07) is 10.6. The number of aryl methyl sites for hydroxylation is 2. The van der Waals surface area contributed by atoms with E-state index in [0.717, 1.165) is 30.1 Å². The molecule has 3 aromatic heterocycles. The van der Waals surface area contributed by atoms with Crippen molar-refractivity contribution in [1.82, 2.24) is 29.3 Å². The fourth-order valence-corrected chi connectivity index (χ4v) is 3.40. The minimum absolute atomic E-state index is 0.211. The average molecular weight is 421 g/mol. The molecule has 0 bridgehead atoms. The van der Waals surface area contributed by atoms with Crippen LogP contribution < -0.4 is 10.1 Å². The maximum absolute atomic E-state index is 12.5. The Morgan fingerprint density at radius 2 is 2.07 bits per heavy atom. The number of ether oxygens (including phenoxy) is 1. The molecule has 1 aromatic carbocycles. The van der Waals surface area contributed by atoms with E-state index in [-0.39, 0.29) is 5.91 Å². The first-order valence-corrected chi connectivity index (χ1v) is 10.2. The third-order valence-electron chi connectivity index (χ3n) is 4.12. The van der Waals surface area contributed by atoms with E-state index in [0.29, 0.717) is 33.8 Å². The second-order valence-electron chi connectivity index (χ2n) is 6.44. The molecule has 0 aliphatic heterocycles. The molecule has 0 radical (unpaired) electrons. The molecule has 0 spiro atoms. The Hall–Kier alpha value is -3.66. The van der Waals surface area contributed by atoms with Gasteiger partial charge >= 0.3 is 0 Å². The van der Waals surface area contributed by atoms with Crippen molar-refractivity contribution in [3.8, 4) is 17.4 Å². The Bertz CT molecular complexity index is 1140. The van der Waals surface area contributed by atoms with Gasteiger partial charge in [-0.05, 0) is 55.2 Å². The zero-order valence-corrected chi connectivity index (χ0v) is 17.3. The first kappa shape index (κ1) is 19.6. The number of hydrogen-bond acceptors (Lipinski definition) is 8. The van der Waals surface area contributed by atoms with Crippen molar-refractivity contribution in [2.75, 3.05) is 5.32 Å². The van der Waals surface area contributed by atoms with E-state index in [4.69, 9.17) is 4.74 Å². The number of amides is 1. The van der Waals surface area contributed by atoms with Crippen molar-refractivity contribution in [3.05, 3.63) is 65.2 Å². The van der Waals surface area contributed by atoms with Gasteiger partial charge in [-0.25, -0.2) is 9.67 Å². The number of carbonyl (C=O) groups excluding carboxylic acids is 1. The molecule has 0 saturated carbocycles. The lowest BCUT2D eigenvalue weighted by Crippen LogP contribution is -2.12. The first-order valence-electron chi connectivity index (χ1n) is 9.38. The van der Waals surface area contributed by atoms with Gasteiger partial charge in [0.15, 0.2) is 5.82 Å². The molecule has 0 unspecified atom stereocenters. The van der Waals surface area contributed by atoms with Gasteiger partial charge in [-0.3, -0.25) is 4.79 Å². The van der Waals surface area contributed by atoms with Crippen LogP contribution in [-0.2, 0) is 6.42 Å². The molecule has 0 aliphatic carbocycles. The third kappa shape index (κ3) is 4.49. The summed E-state index contributed by atoms with van der Waals surface area (Å²) in [4.78, 5) is 21.7. The largest absolute Gasteiger partial charge is 0.439 e. The lowest BCUT2D eigenvalue weighted by Gasteiger charge is -2.09. The average Bonchev–Trinajstić information content (AvgIpc) is 3.41. The first-order chi connectivity index (χ1) is 14.6. The molecule has 1 N–H and O–H groups in total. The quantitative estimate of drug-likeness (QED) is 0.483. The van der Waals surface area contributed by atoms with Crippen LogP contribution in [-0.4, -0.2) is 35.2 Å². The number of anilines is 1. The zero-order valence-electron chi connectivity index (χ0n) is 16.4. The highest BCUT2D eigenvalue weighted by atomic mass is 32.1. The number of carbonyl (C=O) groups is 1. The maximum atomic E-state index is 12.5. The summed E-state index contributed by atoms with van der Waals surface area (Å²) in [5.41, 5.74) is 1.38. The molecule has 10 heteroatoms.